The van der Waals surface area contributed by atoms with Crippen LogP contribution in [0.5, 0.6) is 5.75 Å². The van der Waals surface area contributed by atoms with Gasteiger partial charge < -0.3 is 10.1 Å². The third-order valence-corrected chi connectivity index (χ3v) is 4.22. The topological polar surface area (TPSA) is 69.0 Å². The number of halogens is 4. The number of alkyl halides is 3. The normalized spacial score (nSPS) is 11.4. The Kier molecular flexibility index (Phi) is 5.78. The number of hydrogen-bond donors (Lipinski definition) is 1. The van der Waals surface area contributed by atoms with E-state index in [1.807, 2.05) is 19.9 Å². The van der Waals surface area contributed by atoms with Crippen molar-refractivity contribution in [2.45, 2.75) is 26.8 Å². The number of hydrogen-bond acceptors (Lipinski definition) is 4. The summed E-state index contributed by atoms with van der Waals surface area (Å²) in [6.07, 6.45) is -4.83. The zero-order valence-corrected chi connectivity index (χ0v) is 16.2. The van der Waals surface area contributed by atoms with Gasteiger partial charge in [0, 0.05) is 17.8 Å². The number of nitrogens with one attached hydrogen (secondary N) is 1. The highest BCUT2D eigenvalue weighted by Gasteiger charge is 2.32. The van der Waals surface area contributed by atoms with E-state index in [1.165, 1.54) is 24.3 Å². The van der Waals surface area contributed by atoms with Crippen LogP contribution in [0.3, 0.4) is 0 Å². The van der Waals surface area contributed by atoms with Crippen LogP contribution in [-0.4, -0.2) is 27.0 Å². The van der Waals surface area contributed by atoms with E-state index < -0.39 is 18.0 Å². The van der Waals surface area contributed by atoms with Gasteiger partial charge in [0.1, 0.15) is 11.4 Å². The van der Waals surface area contributed by atoms with E-state index in [4.69, 9.17) is 11.6 Å². The molecule has 0 bridgehead atoms. The fraction of sp³-hybridized carbons (Fsp3) is 0.211. The van der Waals surface area contributed by atoms with E-state index in [-0.39, 0.29) is 22.8 Å². The molecule has 3 aromatic rings. The third kappa shape index (κ3) is 5.05. The summed E-state index contributed by atoms with van der Waals surface area (Å²) in [5, 5.41) is 6.93. The molecule has 0 unspecified atom stereocenters. The molecule has 0 radical (unpaired) electrons. The van der Waals surface area contributed by atoms with Gasteiger partial charge in [-0.1, -0.05) is 29.8 Å². The number of aryl methyl sites for hydroxylation is 2. The zero-order chi connectivity index (χ0) is 21.2. The first-order valence-corrected chi connectivity index (χ1v) is 8.84. The van der Waals surface area contributed by atoms with Crippen LogP contribution in [0.2, 0.25) is 5.02 Å². The van der Waals surface area contributed by atoms with Crippen LogP contribution in [-0.2, 0) is 6.54 Å². The van der Waals surface area contributed by atoms with Gasteiger partial charge in [0.05, 0.1) is 10.7 Å². The number of carbonyl (C=O) groups is 1. The Bertz CT molecular complexity index is 1050. The van der Waals surface area contributed by atoms with Crippen molar-refractivity contribution < 1.29 is 22.7 Å². The average molecular weight is 425 g/mol. The Morgan fingerprint density at radius 1 is 1.21 bits per heavy atom. The SMILES string of the molecule is Cc1cc(C)n(-c2ccc(Cl)c(C(=O)NCc3ccccc3OC(F)(F)F)n2)n1. The van der Waals surface area contributed by atoms with E-state index in [0.717, 1.165) is 11.4 Å². The Hall–Kier alpha value is -3.07. The Morgan fingerprint density at radius 3 is 2.59 bits per heavy atom. The number of para-hydroxylation sites is 1. The zero-order valence-electron chi connectivity index (χ0n) is 15.4. The molecule has 10 heteroatoms. The number of benzene rings is 1. The number of nitrogens with zero attached hydrogens (tertiary/aromatic N) is 3. The fourth-order valence-electron chi connectivity index (χ4n) is 2.70. The molecule has 3 rings (SSSR count). The van der Waals surface area contributed by atoms with Gasteiger partial charge in [0.2, 0.25) is 0 Å². The standard InChI is InChI=1S/C19H16ClF3N4O2/c1-11-9-12(2)27(26-11)16-8-7-14(20)17(25-16)18(28)24-10-13-5-3-4-6-15(13)29-19(21,22)23/h3-9H,10H2,1-2H3,(H,24,28). The van der Waals surface area contributed by atoms with Crippen molar-refractivity contribution in [1.29, 1.82) is 0 Å². The molecular weight excluding hydrogens is 409 g/mol. The van der Waals surface area contributed by atoms with Crippen molar-refractivity contribution in [3.63, 3.8) is 0 Å². The first kappa shape index (κ1) is 20.7. The van der Waals surface area contributed by atoms with Crippen LogP contribution < -0.4 is 10.1 Å². The summed E-state index contributed by atoms with van der Waals surface area (Å²) < 4.78 is 43.1. The first-order chi connectivity index (χ1) is 13.6. The van der Waals surface area contributed by atoms with Gasteiger partial charge in [-0.15, -0.1) is 13.2 Å². The molecule has 0 aliphatic carbocycles. The van der Waals surface area contributed by atoms with Gasteiger partial charge in [0.25, 0.3) is 5.91 Å². The minimum absolute atomic E-state index is 0.0639. The molecule has 1 amide bonds. The highest BCUT2D eigenvalue weighted by molar-refractivity contribution is 6.33. The van der Waals surface area contributed by atoms with Crippen molar-refractivity contribution in [3.05, 3.63) is 70.1 Å². The second kappa shape index (κ2) is 8.12. The number of ether oxygens (including phenoxy) is 1. The molecule has 1 aromatic carbocycles. The molecule has 2 heterocycles. The van der Waals surface area contributed by atoms with Crippen LogP contribution in [0.15, 0.2) is 42.5 Å². The van der Waals surface area contributed by atoms with Crippen LogP contribution in [0.1, 0.15) is 27.4 Å². The van der Waals surface area contributed by atoms with Crippen molar-refractivity contribution in [2.24, 2.45) is 0 Å². The molecule has 0 atom stereocenters. The summed E-state index contributed by atoms with van der Waals surface area (Å²) in [5.41, 5.74) is 1.70. The number of pyridine rings is 1. The molecule has 29 heavy (non-hydrogen) atoms. The Balaban J connectivity index is 1.80. The van der Waals surface area contributed by atoms with E-state index in [1.54, 1.807) is 16.8 Å². The number of aromatic nitrogens is 3. The predicted octanol–water partition coefficient (Wildman–Crippen LogP) is 4.37. The molecule has 6 nitrogen and oxygen atoms in total. The smallest absolute Gasteiger partial charge is 0.405 e. The molecule has 0 saturated carbocycles. The van der Waals surface area contributed by atoms with Crippen molar-refractivity contribution in [1.82, 2.24) is 20.1 Å². The average Bonchev–Trinajstić information content (AvgIpc) is 2.98. The lowest BCUT2D eigenvalue weighted by molar-refractivity contribution is -0.274. The van der Waals surface area contributed by atoms with Gasteiger partial charge in [-0.05, 0) is 38.1 Å². The van der Waals surface area contributed by atoms with E-state index in [2.05, 4.69) is 20.1 Å². The van der Waals surface area contributed by atoms with Gasteiger partial charge in [-0.3, -0.25) is 4.79 Å². The lowest BCUT2D eigenvalue weighted by Crippen LogP contribution is -2.26. The maximum atomic E-state index is 12.6. The summed E-state index contributed by atoms with van der Waals surface area (Å²) in [6.45, 7) is 3.47. The molecule has 0 saturated heterocycles. The van der Waals surface area contributed by atoms with Crippen LogP contribution in [0.25, 0.3) is 5.82 Å². The quantitative estimate of drug-likeness (QED) is 0.660. The number of amides is 1. The lowest BCUT2D eigenvalue weighted by atomic mass is 10.2. The minimum atomic E-state index is -4.83. The fourth-order valence-corrected chi connectivity index (χ4v) is 2.89. The maximum Gasteiger partial charge on any atom is 0.573 e. The largest absolute Gasteiger partial charge is 0.573 e. The first-order valence-electron chi connectivity index (χ1n) is 8.46. The van der Waals surface area contributed by atoms with Crippen LogP contribution in [0, 0.1) is 13.8 Å². The molecule has 1 N–H and O–H groups in total. The van der Waals surface area contributed by atoms with Gasteiger partial charge in [0.15, 0.2) is 5.82 Å². The van der Waals surface area contributed by atoms with E-state index in [9.17, 15) is 18.0 Å². The van der Waals surface area contributed by atoms with Crippen molar-refractivity contribution in [2.75, 3.05) is 0 Å². The van der Waals surface area contributed by atoms with Gasteiger partial charge in [-0.2, -0.15) is 5.10 Å². The highest BCUT2D eigenvalue weighted by atomic mass is 35.5. The summed E-state index contributed by atoms with van der Waals surface area (Å²) >= 11 is 6.10. The molecule has 2 aromatic heterocycles. The summed E-state index contributed by atoms with van der Waals surface area (Å²) in [5.74, 6) is -0.637. The second-order valence-electron chi connectivity index (χ2n) is 6.18. The van der Waals surface area contributed by atoms with Crippen LogP contribution in [0.4, 0.5) is 13.2 Å². The van der Waals surface area contributed by atoms with Gasteiger partial charge >= 0.3 is 6.36 Å². The van der Waals surface area contributed by atoms with Crippen LogP contribution >= 0.6 is 11.6 Å². The summed E-state index contributed by atoms with van der Waals surface area (Å²) in [7, 11) is 0. The molecule has 0 aliphatic rings. The second-order valence-corrected chi connectivity index (χ2v) is 6.58. The van der Waals surface area contributed by atoms with Crippen molar-refractivity contribution in [3.8, 4) is 11.6 Å². The molecular formula is C19H16ClF3N4O2. The maximum absolute atomic E-state index is 12.6. The lowest BCUT2D eigenvalue weighted by Gasteiger charge is -2.14. The summed E-state index contributed by atoms with van der Waals surface area (Å²) in [6, 6.07) is 10.5. The monoisotopic (exact) mass is 424 g/mol. The third-order valence-electron chi connectivity index (χ3n) is 3.91. The summed E-state index contributed by atoms with van der Waals surface area (Å²) in [4.78, 5) is 16.8. The molecule has 152 valence electrons. The predicted molar refractivity (Wildman–Crippen MR) is 100 cm³/mol. The number of carbonyl (C=O) groups excluding carboxylic acids is 1. The van der Waals surface area contributed by atoms with E-state index >= 15 is 0 Å². The minimum Gasteiger partial charge on any atom is -0.405 e. The van der Waals surface area contributed by atoms with E-state index in [0.29, 0.717) is 5.82 Å². The Labute approximate surface area is 169 Å². The Morgan fingerprint density at radius 2 is 1.93 bits per heavy atom. The number of rotatable bonds is 5. The van der Waals surface area contributed by atoms with Gasteiger partial charge in [-0.25, -0.2) is 9.67 Å². The molecule has 0 aliphatic heterocycles. The molecule has 0 fully saturated rings. The highest BCUT2D eigenvalue weighted by Crippen LogP contribution is 2.26. The molecule has 0 spiro atoms. The van der Waals surface area contributed by atoms with Crippen molar-refractivity contribution >= 4 is 17.5 Å².